The summed E-state index contributed by atoms with van der Waals surface area (Å²) in [6.45, 7) is 0. The number of fused-ring (bicyclic) bond motifs is 8. The Morgan fingerprint density at radius 3 is 1.88 bits per heavy atom. The van der Waals surface area contributed by atoms with E-state index in [1.165, 1.54) is 54.9 Å². The molecule has 42 heavy (non-hydrogen) atoms. The summed E-state index contributed by atoms with van der Waals surface area (Å²) in [5, 5.41) is 5.68. The van der Waals surface area contributed by atoms with Gasteiger partial charge >= 0.3 is 244 Å². The Hall–Kier alpha value is -3.35. The molecule has 0 N–H and O–H groups in total. The largest absolute Gasteiger partial charge is 1.00 e. The summed E-state index contributed by atoms with van der Waals surface area (Å²) in [6, 6.07) is 47.7. The average molecular weight is 659 g/mol. The van der Waals surface area contributed by atoms with Crippen molar-refractivity contribution in [1.82, 2.24) is 0 Å². The molecule has 0 amide bonds. The van der Waals surface area contributed by atoms with E-state index in [1.807, 2.05) is 0 Å². The maximum Gasteiger partial charge on any atom is -1.00 e. The maximum absolute atomic E-state index is 2.69. The molecule has 6 aromatic rings. The van der Waals surface area contributed by atoms with Crippen molar-refractivity contribution in [1.29, 1.82) is 0 Å². The molecule has 0 radical (unpaired) electrons. The van der Waals surface area contributed by atoms with Crippen LogP contribution in [0.4, 0.5) is 0 Å². The van der Waals surface area contributed by atoms with Crippen LogP contribution in [0.5, 0.6) is 0 Å². The molecule has 0 saturated carbocycles. The number of halogens is 2. The van der Waals surface area contributed by atoms with Gasteiger partial charge in [0.2, 0.25) is 0 Å². The topological polar surface area (TPSA) is 0 Å². The van der Waals surface area contributed by atoms with E-state index in [0.717, 1.165) is 12.8 Å². The second-order valence-corrected chi connectivity index (χ2v) is 16.7. The molecule has 0 saturated heterocycles. The minimum Gasteiger partial charge on any atom is -1.00 e. The van der Waals surface area contributed by atoms with E-state index in [4.69, 9.17) is 0 Å². The average Bonchev–Trinajstić information content (AvgIpc) is 3.69. The van der Waals surface area contributed by atoms with Crippen LogP contribution in [0.25, 0.3) is 32.7 Å². The third-order valence-electron chi connectivity index (χ3n) is 8.55. The molecule has 2 aliphatic rings. The van der Waals surface area contributed by atoms with Gasteiger partial charge in [-0.2, -0.15) is 0 Å². The van der Waals surface area contributed by atoms with Crippen molar-refractivity contribution in [2.45, 2.75) is 12.8 Å². The fraction of sp³-hybridized carbons (Fsp3) is 0.0513. The van der Waals surface area contributed by atoms with E-state index in [0.29, 0.717) is 0 Å². The van der Waals surface area contributed by atoms with Gasteiger partial charge in [0.15, 0.2) is 0 Å². The zero-order chi connectivity index (χ0) is 26.5. The molecule has 2 aliphatic carbocycles. The quantitative estimate of drug-likeness (QED) is 0.256. The first-order valence-corrected chi connectivity index (χ1v) is 17.8. The third kappa shape index (κ3) is 4.69. The van der Waals surface area contributed by atoms with E-state index < -0.39 is 21.3 Å². The van der Waals surface area contributed by atoms with Gasteiger partial charge in [0.05, 0.1) is 0 Å². The van der Waals surface area contributed by atoms with Gasteiger partial charge in [-0.05, 0) is 0 Å². The minimum atomic E-state index is -2.69. The van der Waals surface area contributed by atoms with Crippen molar-refractivity contribution >= 4 is 28.0 Å². The van der Waals surface area contributed by atoms with Crippen molar-refractivity contribution in [3.63, 3.8) is 0 Å². The van der Waals surface area contributed by atoms with Gasteiger partial charge in [0.1, 0.15) is 0 Å². The first kappa shape index (κ1) is 28.8. The van der Waals surface area contributed by atoms with Crippen LogP contribution in [0.2, 0.25) is 0 Å². The van der Waals surface area contributed by atoms with E-state index in [1.54, 1.807) is 9.76 Å². The molecule has 0 spiro atoms. The zero-order valence-electron chi connectivity index (χ0n) is 23.0. The van der Waals surface area contributed by atoms with E-state index in [2.05, 4.69) is 146 Å². The smallest absolute Gasteiger partial charge is 1.00 e. The van der Waals surface area contributed by atoms with E-state index in [-0.39, 0.29) is 24.8 Å². The molecule has 6 aromatic carbocycles. The van der Waals surface area contributed by atoms with Crippen LogP contribution < -0.4 is 28.1 Å². The van der Waals surface area contributed by atoms with Crippen molar-refractivity contribution in [2.75, 3.05) is 0 Å². The molecule has 0 atom stereocenters. The zero-order valence-corrected chi connectivity index (χ0v) is 27.0. The van der Waals surface area contributed by atoms with Gasteiger partial charge in [0.25, 0.3) is 0 Å². The molecule has 202 valence electrons. The Morgan fingerprint density at radius 2 is 1.19 bits per heavy atom. The molecule has 0 bridgehead atoms. The minimum absolute atomic E-state index is 0. The van der Waals surface area contributed by atoms with Gasteiger partial charge in [0, 0.05) is 0 Å². The van der Waals surface area contributed by atoms with Gasteiger partial charge < -0.3 is 24.8 Å². The second-order valence-electron chi connectivity index (χ2n) is 10.8. The number of allylic oxidation sites excluding steroid dienone is 4. The molecule has 0 aliphatic heterocycles. The van der Waals surface area contributed by atoms with Gasteiger partial charge in [-0.25, -0.2) is 0 Å². The van der Waals surface area contributed by atoms with Crippen LogP contribution in [0.15, 0.2) is 149 Å². The van der Waals surface area contributed by atoms with Crippen LogP contribution in [-0.2, 0) is 27.7 Å². The monoisotopic (exact) mass is 656 g/mol. The summed E-state index contributed by atoms with van der Waals surface area (Å²) in [7, 11) is 0. The summed E-state index contributed by atoms with van der Waals surface area (Å²) in [4.78, 5) is 0. The summed E-state index contributed by atoms with van der Waals surface area (Å²) in [5.41, 5.74) is 8.58. The van der Waals surface area contributed by atoms with Crippen molar-refractivity contribution < 1.29 is 46.1 Å². The predicted octanol–water partition coefficient (Wildman–Crippen LogP) is 2.93. The van der Waals surface area contributed by atoms with Crippen LogP contribution in [-0.4, -0.2) is 3.21 Å². The van der Waals surface area contributed by atoms with Crippen LogP contribution >= 0.6 is 0 Å². The van der Waals surface area contributed by atoms with E-state index >= 15 is 0 Å². The van der Waals surface area contributed by atoms with Crippen LogP contribution in [0, 0.1) is 0 Å². The van der Waals surface area contributed by atoms with Crippen molar-refractivity contribution in [3.05, 3.63) is 171 Å². The van der Waals surface area contributed by atoms with Gasteiger partial charge in [-0.3, -0.25) is 0 Å². The molecule has 0 unspecified atom stereocenters. The Bertz CT molecular complexity index is 2000. The Morgan fingerprint density at radius 1 is 0.571 bits per heavy atom. The first-order valence-electron chi connectivity index (χ1n) is 14.1. The molecule has 0 aromatic heterocycles. The van der Waals surface area contributed by atoms with Crippen LogP contribution in [0.1, 0.15) is 28.7 Å². The second kappa shape index (κ2) is 12.1. The Labute approximate surface area is 267 Å². The number of hydrogen-bond acceptors (Lipinski definition) is 0. The molecule has 3 heteroatoms. The first-order chi connectivity index (χ1) is 19.9. The third-order valence-corrected chi connectivity index (χ3v) is 16.0. The summed E-state index contributed by atoms with van der Waals surface area (Å²) < 4.78 is 4.82. The molecule has 0 fully saturated rings. The standard InChI is InChI=1S/C21H13.C13H10.C5H5.2ClH.Zr/c1-2-8-15-14(7-1)13-20-18-11-4-3-9-16(18)17-10-5-6-12-19(17)21(15)20;1-3-7-12(8-4-1)11-13-9-5-2-6-10-13;1-2-4-5-3-1;;;/h1-10,12H,13H2;1-10H;1-3H,4H2;2*1H;/q;;;;;+2/p-2. The molecular formula is C39H28Cl2Zr. The fourth-order valence-corrected chi connectivity index (χ4v) is 14.8. The SMILES string of the molecule is C1=CC[C]([Zr+2](=[C](c2ccccc2)c2ccccc2)[c]2cccc3c2c2c(c4ccccc43)-c3ccccc3C2)=C1.[Cl-].[Cl-]. The Balaban J connectivity index is 0.00000158. The van der Waals surface area contributed by atoms with Gasteiger partial charge in [-0.15, -0.1) is 0 Å². The van der Waals surface area contributed by atoms with E-state index in [9.17, 15) is 0 Å². The van der Waals surface area contributed by atoms with Gasteiger partial charge in [-0.1, -0.05) is 0 Å². The maximum atomic E-state index is 2.49. The molecule has 0 nitrogen and oxygen atoms in total. The number of hydrogen-bond donors (Lipinski definition) is 0. The molecule has 0 heterocycles. The molecular weight excluding hydrogens is 631 g/mol. The fourth-order valence-electron chi connectivity index (χ4n) is 6.89. The predicted molar refractivity (Wildman–Crippen MR) is 167 cm³/mol. The number of benzene rings is 6. The van der Waals surface area contributed by atoms with Crippen molar-refractivity contribution in [3.8, 4) is 11.1 Å². The normalized spacial score (nSPS) is 12.5. The van der Waals surface area contributed by atoms with Crippen molar-refractivity contribution in [2.24, 2.45) is 0 Å². The summed E-state index contributed by atoms with van der Waals surface area (Å²) in [5.74, 6) is 0. The Kier molecular flexibility index (Phi) is 8.29. The summed E-state index contributed by atoms with van der Waals surface area (Å²) in [6.07, 6.45) is 9.14. The summed E-state index contributed by atoms with van der Waals surface area (Å²) >= 11 is -2.69. The van der Waals surface area contributed by atoms with Crippen LogP contribution in [0.3, 0.4) is 0 Å². The number of rotatable bonds is 4. The molecule has 8 rings (SSSR count).